The number of allylic oxidation sites excluding steroid dienone is 2. The predicted octanol–water partition coefficient (Wildman–Crippen LogP) is 2.37. The van der Waals surface area contributed by atoms with Gasteiger partial charge in [0.2, 0.25) is 16.1 Å². The Balaban J connectivity index is 1.50. The number of nitrogens with zero attached hydrogens (tertiary/aromatic N) is 4. The topological polar surface area (TPSA) is 86.8 Å². The molecule has 1 aromatic carbocycles. The van der Waals surface area contributed by atoms with Crippen LogP contribution < -0.4 is 5.43 Å². The highest BCUT2D eigenvalue weighted by Crippen LogP contribution is 2.49. The van der Waals surface area contributed by atoms with Gasteiger partial charge in [-0.05, 0) is 54.2 Å². The first-order chi connectivity index (χ1) is 13.6. The molecule has 7 nitrogen and oxygen atoms in total. The summed E-state index contributed by atoms with van der Waals surface area (Å²) in [4.78, 5) is 13.8. The first-order valence-corrected chi connectivity index (χ1v) is 10.7. The van der Waals surface area contributed by atoms with Crippen LogP contribution >= 0.6 is 0 Å². The molecule has 0 amide bonds. The van der Waals surface area contributed by atoms with E-state index in [2.05, 4.69) is 15.4 Å². The third kappa shape index (κ3) is 2.37. The van der Waals surface area contributed by atoms with E-state index in [0.717, 1.165) is 40.6 Å². The molecule has 8 heteroatoms. The van der Waals surface area contributed by atoms with Gasteiger partial charge in [0.25, 0.3) is 6.17 Å². The van der Waals surface area contributed by atoms with Gasteiger partial charge in [-0.3, -0.25) is 4.98 Å². The average Bonchev–Trinajstić information content (AvgIpc) is 3.36. The number of hydrazine groups is 1. The Labute approximate surface area is 161 Å². The Kier molecular flexibility index (Phi) is 3.09. The molecule has 1 unspecified atom stereocenters. The number of benzene rings is 1. The monoisotopic (exact) mass is 390 g/mol. The molecule has 4 heterocycles. The predicted molar refractivity (Wildman–Crippen MR) is 108 cm³/mol. The van der Waals surface area contributed by atoms with Crippen LogP contribution in [0.25, 0.3) is 16.5 Å². The Hall–Kier alpha value is -3.13. The quantitative estimate of drug-likeness (QED) is 0.798. The van der Waals surface area contributed by atoms with Gasteiger partial charge in [-0.1, -0.05) is 4.68 Å². The van der Waals surface area contributed by atoms with Crippen molar-refractivity contribution >= 4 is 50.3 Å². The smallest absolute Gasteiger partial charge is 0.256 e. The maximum Gasteiger partial charge on any atom is 0.295 e. The van der Waals surface area contributed by atoms with E-state index >= 15 is 0 Å². The van der Waals surface area contributed by atoms with Crippen LogP contribution in [0.5, 0.6) is 0 Å². The molecular weight excluding hydrogens is 374 g/mol. The van der Waals surface area contributed by atoms with E-state index in [9.17, 15) is 8.42 Å². The third-order valence-electron chi connectivity index (χ3n) is 5.42. The summed E-state index contributed by atoms with van der Waals surface area (Å²) in [5, 5.41) is 2.17. The molecule has 0 radical (unpaired) electrons. The zero-order valence-electron chi connectivity index (χ0n) is 14.8. The molecule has 0 bridgehead atoms. The number of pyridine rings is 1. The second-order valence-corrected chi connectivity index (χ2v) is 9.11. The summed E-state index contributed by atoms with van der Waals surface area (Å²) < 4.78 is 27.2. The number of rotatable bonds is 2. The highest BCUT2D eigenvalue weighted by Gasteiger charge is 2.36. The maximum absolute atomic E-state index is 12.7. The van der Waals surface area contributed by atoms with Crippen molar-refractivity contribution < 1.29 is 13.1 Å². The molecule has 1 atom stereocenters. The minimum atomic E-state index is -3.41. The number of hydrogen-bond donors (Lipinski definition) is 1. The van der Waals surface area contributed by atoms with Crippen LogP contribution in [0.1, 0.15) is 18.4 Å². The number of nitrogens with one attached hydrogen (secondary N) is 1. The molecule has 1 saturated carbocycles. The van der Waals surface area contributed by atoms with E-state index in [1.807, 2.05) is 29.1 Å². The normalized spacial score (nSPS) is 25.4. The third-order valence-corrected chi connectivity index (χ3v) is 6.93. The summed E-state index contributed by atoms with van der Waals surface area (Å²) in [6.07, 6.45) is 11.2. The summed E-state index contributed by atoms with van der Waals surface area (Å²) in [5.41, 5.74) is 6.97. The van der Waals surface area contributed by atoms with Crippen molar-refractivity contribution in [1.29, 1.82) is 0 Å². The fraction of sp³-hybridized carbons (Fsp3) is 0.200. The van der Waals surface area contributed by atoms with Gasteiger partial charge in [0.1, 0.15) is 12.1 Å². The van der Waals surface area contributed by atoms with Crippen LogP contribution in [0, 0.1) is 5.92 Å². The number of hydrogen-bond acceptors (Lipinski definition) is 6. The largest absolute Gasteiger partial charge is 0.295 e. The van der Waals surface area contributed by atoms with Crippen LogP contribution in [0.3, 0.4) is 0 Å². The zero-order chi connectivity index (χ0) is 18.9. The van der Waals surface area contributed by atoms with Gasteiger partial charge in [-0.15, -0.1) is 0 Å². The van der Waals surface area contributed by atoms with Gasteiger partial charge in [0.15, 0.2) is 0 Å². The lowest BCUT2D eigenvalue weighted by Crippen LogP contribution is -2.33. The van der Waals surface area contributed by atoms with E-state index < -0.39 is 9.84 Å². The molecule has 2 aromatic rings. The fourth-order valence-corrected chi connectivity index (χ4v) is 5.42. The molecule has 28 heavy (non-hydrogen) atoms. The second-order valence-electron chi connectivity index (χ2n) is 7.34. The Morgan fingerprint density at radius 2 is 2.14 bits per heavy atom. The van der Waals surface area contributed by atoms with Crippen molar-refractivity contribution in [3.63, 3.8) is 0 Å². The van der Waals surface area contributed by atoms with Crippen molar-refractivity contribution in [2.75, 3.05) is 0 Å². The van der Waals surface area contributed by atoms with Gasteiger partial charge in [-0.2, -0.15) is 10.4 Å². The minimum Gasteiger partial charge on any atom is -0.256 e. The van der Waals surface area contributed by atoms with Gasteiger partial charge < -0.3 is 0 Å². The minimum absolute atomic E-state index is 0.0477. The van der Waals surface area contributed by atoms with E-state index in [1.165, 1.54) is 5.41 Å². The van der Waals surface area contributed by atoms with Crippen molar-refractivity contribution in [3.8, 4) is 0 Å². The molecular formula is C20H16N5O2S+. The molecule has 1 aliphatic carbocycles. The SMILES string of the molecule is O=S1(=O)C=C(C2CC2)c2cc3nccc(N=C4C=CC5N=CN[N+]5=C4)c3cc21. The molecule has 0 saturated heterocycles. The van der Waals surface area contributed by atoms with Gasteiger partial charge >= 0.3 is 0 Å². The van der Waals surface area contributed by atoms with Crippen molar-refractivity contribution in [3.05, 3.63) is 47.5 Å². The van der Waals surface area contributed by atoms with Gasteiger partial charge in [0.05, 0.1) is 16.1 Å². The molecule has 6 rings (SSSR count). The number of hydrazone groups is 1. The molecule has 3 aliphatic heterocycles. The molecule has 0 spiro atoms. The van der Waals surface area contributed by atoms with Crippen LogP contribution in [-0.2, 0) is 9.84 Å². The Bertz CT molecular complexity index is 1310. The van der Waals surface area contributed by atoms with E-state index in [4.69, 9.17) is 4.99 Å². The summed E-state index contributed by atoms with van der Waals surface area (Å²) in [6, 6.07) is 5.43. The number of fused-ring (bicyclic) bond motifs is 3. The maximum atomic E-state index is 12.7. The summed E-state index contributed by atoms with van der Waals surface area (Å²) in [5.74, 6) is 0.363. The number of aromatic nitrogens is 1. The molecule has 138 valence electrons. The standard InChI is InChI=1S/C20H16N5O2S/c26-28(27)10-16(12-1-2-12)14-7-18-15(8-19(14)28)17(5-6-21-18)24-13-3-4-20-22-11-23-25(20)9-13/h3-12,20H,1-2H2,(H,22,23)/q+1. The van der Waals surface area contributed by atoms with Crippen LogP contribution in [0.15, 0.2) is 56.8 Å². The van der Waals surface area contributed by atoms with E-state index in [0.29, 0.717) is 16.5 Å². The molecule has 1 N–H and O–H groups in total. The Morgan fingerprint density at radius 3 is 3.00 bits per heavy atom. The summed E-state index contributed by atoms with van der Waals surface area (Å²) in [6.45, 7) is 0. The van der Waals surface area contributed by atoms with Crippen molar-refractivity contribution in [2.24, 2.45) is 15.9 Å². The molecule has 4 aliphatic rings. The summed E-state index contributed by atoms with van der Waals surface area (Å²) in [7, 11) is -3.41. The van der Waals surface area contributed by atoms with Gasteiger partial charge in [0, 0.05) is 23.1 Å². The molecule has 1 aromatic heterocycles. The van der Waals surface area contributed by atoms with Gasteiger partial charge in [-0.25, -0.2) is 13.4 Å². The Morgan fingerprint density at radius 1 is 1.25 bits per heavy atom. The van der Waals surface area contributed by atoms with E-state index in [-0.39, 0.29) is 6.17 Å². The lowest BCUT2D eigenvalue weighted by molar-refractivity contribution is -0.578. The highest BCUT2D eigenvalue weighted by atomic mass is 32.2. The van der Waals surface area contributed by atoms with Crippen molar-refractivity contribution in [2.45, 2.75) is 23.9 Å². The van der Waals surface area contributed by atoms with E-state index in [1.54, 1.807) is 24.7 Å². The first kappa shape index (κ1) is 15.9. The van der Waals surface area contributed by atoms with Crippen molar-refractivity contribution in [1.82, 2.24) is 10.4 Å². The molecule has 1 fully saturated rings. The summed E-state index contributed by atoms with van der Waals surface area (Å²) >= 11 is 0. The van der Waals surface area contributed by atoms with Crippen LogP contribution in [0.2, 0.25) is 0 Å². The van der Waals surface area contributed by atoms with Crippen LogP contribution in [-0.4, -0.2) is 42.5 Å². The fourth-order valence-electron chi connectivity index (χ4n) is 3.88. The lowest BCUT2D eigenvalue weighted by Gasteiger charge is -2.08. The number of sulfone groups is 1. The van der Waals surface area contributed by atoms with Crippen LogP contribution in [0.4, 0.5) is 5.69 Å². The highest BCUT2D eigenvalue weighted by molar-refractivity contribution is 7.95. The number of aliphatic imine (C=N–C) groups is 2. The average molecular weight is 390 g/mol. The lowest BCUT2D eigenvalue weighted by atomic mass is 10.0. The zero-order valence-corrected chi connectivity index (χ0v) is 15.6. The second kappa shape index (κ2) is 5.45. The first-order valence-electron chi connectivity index (χ1n) is 9.16.